The fourth-order valence-corrected chi connectivity index (χ4v) is 3.58. The number of nitrogens with one attached hydrogen (secondary N) is 1. The van der Waals surface area contributed by atoms with E-state index in [4.69, 9.17) is 4.74 Å². The molecule has 1 fully saturated rings. The van der Waals surface area contributed by atoms with E-state index < -0.39 is 0 Å². The Morgan fingerprint density at radius 3 is 2.38 bits per heavy atom. The average Bonchev–Trinajstić information content (AvgIpc) is 2.67. The number of para-hydroxylation sites is 1. The molecule has 1 heterocycles. The van der Waals surface area contributed by atoms with Crippen LogP contribution in [0.3, 0.4) is 0 Å². The SMILES string of the molecule is O=C(NCC1CCN(C(=O)Oc2ccccc2)CC1)c1ccccc1I. The first kappa shape index (κ1) is 18.7. The number of nitrogens with zero attached hydrogens (tertiary/aromatic N) is 1. The number of halogens is 1. The second-order valence-corrected chi connectivity index (χ2v) is 7.46. The van der Waals surface area contributed by atoms with Gasteiger partial charge in [0.05, 0.1) is 5.56 Å². The van der Waals surface area contributed by atoms with Crippen LogP contribution in [0.1, 0.15) is 23.2 Å². The van der Waals surface area contributed by atoms with Crippen molar-refractivity contribution in [3.63, 3.8) is 0 Å². The minimum atomic E-state index is -0.308. The summed E-state index contributed by atoms with van der Waals surface area (Å²) in [5, 5.41) is 3.01. The van der Waals surface area contributed by atoms with E-state index >= 15 is 0 Å². The second-order valence-electron chi connectivity index (χ2n) is 6.30. The molecule has 1 N–H and O–H groups in total. The zero-order valence-electron chi connectivity index (χ0n) is 14.4. The summed E-state index contributed by atoms with van der Waals surface area (Å²) in [5.74, 6) is 0.895. The van der Waals surface area contributed by atoms with Crippen LogP contribution in [0, 0.1) is 9.49 Å². The third-order valence-electron chi connectivity index (χ3n) is 4.49. The number of rotatable bonds is 4. The van der Waals surface area contributed by atoms with Crippen LogP contribution in [-0.2, 0) is 0 Å². The first-order valence-electron chi connectivity index (χ1n) is 8.68. The van der Waals surface area contributed by atoms with Gasteiger partial charge in [0.25, 0.3) is 5.91 Å². The lowest BCUT2D eigenvalue weighted by molar-refractivity contribution is 0.0930. The van der Waals surface area contributed by atoms with Crippen LogP contribution in [0.4, 0.5) is 4.79 Å². The number of benzene rings is 2. The number of hydrogen-bond acceptors (Lipinski definition) is 3. The van der Waals surface area contributed by atoms with Crippen molar-refractivity contribution < 1.29 is 14.3 Å². The molecule has 1 aliphatic heterocycles. The molecular formula is C20H21IN2O3. The summed E-state index contributed by atoms with van der Waals surface area (Å²) in [5.41, 5.74) is 0.706. The Morgan fingerprint density at radius 1 is 1.04 bits per heavy atom. The van der Waals surface area contributed by atoms with Crippen molar-refractivity contribution in [1.82, 2.24) is 10.2 Å². The maximum absolute atomic E-state index is 12.3. The zero-order valence-corrected chi connectivity index (χ0v) is 16.5. The molecule has 0 aromatic heterocycles. The van der Waals surface area contributed by atoms with E-state index in [2.05, 4.69) is 27.9 Å². The molecular weight excluding hydrogens is 443 g/mol. The van der Waals surface area contributed by atoms with Crippen LogP contribution in [-0.4, -0.2) is 36.5 Å². The van der Waals surface area contributed by atoms with Crippen LogP contribution in [0.25, 0.3) is 0 Å². The van der Waals surface area contributed by atoms with Gasteiger partial charge in [-0.3, -0.25) is 4.79 Å². The van der Waals surface area contributed by atoms with Gasteiger partial charge in [0, 0.05) is 23.2 Å². The first-order chi connectivity index (χ1) is 12.6. The maximum Gasteiger partial charge on any atom is 0.415 e. The Morgan fingerprint density at radius 2 is 1.69 bits per heavy atom. The van der Waals surface area contributed by atoms with Gasteiger partial charge in [0.15, 0.2) is 0 Å². The molecule has 0 saturated carbocycles. The van der Waals surface area contributed by atoms with Gasteiger partial charge in [0.2, 0.25) is 0 Å². The van der Waals surface area contributed by atoms with E-state index in [1.807, 2.05) is 42.5 Å². The van der Waals surface area contributed by atoms with Crippen LogP contribution < -0.4 is 10.1 Å². The molecule has 6 heteroatoms. The summed E-state index contributed by atoms with van der Waals surface area (Å²) in [6.07, 6.45) is 1.41. The largest absolute Gasteiger partial charge is 0.415 e. The van der Waals surface area contributed by atoms with E-state index in [0.29, 0.717) is 36.9 Å². The number of amides is 2. The Hall–Kier alpha value is -2.09. The van der Waals surface area contributed by atoms with Crippen LogP contribution in [0.2, 0.25) is 0 Å². The third kappa shape index (κ3) is 4.97. The molecule has 0 bridgehead atoms. The molecule has 136 valence electrons. The Bertz CT molecular complexity index is 759. The van der Waals surface area contributed by atoms with Crippen molar-refractivity contribution in [3.05, 3.63) is 63.7 Å². The summed E-state index contributed by atoms with van der Waals surface area (Å²) in [6, 6.07) is 16.6. The molecule has 26 heavy (non-hydrogen) atoms. The summed E-state index contributed by atoms with van der Waals surface area (Å²) >= 11 is 2.17. The van der Waals surface area contributed by atoms with Gasteiger partial charge < -0.3 is 15.0 Å². The highest BCUT2D eigenvalue weighted by Crippen LogP contribution is 2.19. The van der Waals surface area contributed by atoms with Gasteiger partial charge >= 0.3 is 6.09 Å². The van der Waals surface area contributed by atoms with Crippen LogP contribution in [0.15, 0.2) is 54.6 Å². The maximum atomic E-state index is 12.3. The fraction of sp³-hybridized carbons (Fsp3) is 0.300. The minimum Gasteiger partial charge on any atom is -0.410 e. The normalized spacial score (nSPS) is 14.7. The molecule has 1 saturated heterocycles. The van der Waals surface area contributed by atoms with Crippen molar-refractivity contribution in [1.29, 1.82) is 0 Å². The van der Waals surface area contributed by atoms with Crippen LogP contribution in [0.5, 0.6) is 5.75 Å². The monoisotopic (exact) mass is 464 g/mol. The van der Waals surface area contributed by atoms with Gasteiger partial charge in [-0.05, 0) is 65.6 Å². The van der Waals surface area contributed by atoms with Crippen molar-refractivity contribution in [2.24, 2.45) is 5.92 Å². The second kappa shape index (κ2) is 9.02. The molecule has 0 radical (unpaired) electrons. The highest BCUT2D eigenvalue weighted by molar-refractivity contribution is 14.1. The molecule has 5 nitrogen and oxygen atoms in total. The Balaban J connectivity index is 1.43. The molecule has 0 unspecified atom stereocenters. The summed E-state index contributed by atoms with van der Waals surface area (Å²) in [7, 11) is 0. The van der Waals surface area contributed by atoms with Crippen molar-refractivity contribution >= 4 is 34.6 Å². The molecule has 2 aromatic carbocycles. The highest BCUT2D eigenvalue weighted by atomic mass is 127. The van der Waals surface area contributed by atoms with E-state index in [1.165, 1.54) is 0 Å². The van der Waals surface area contributed by atoms with Gasteiger partial charge in [-0.25, -0.2) is 4.79 Å². The lowest BCUT2D eigenvalue weighted by Gasteiger charge is -2.31. The van der Waals surface area contributed by atoms with E-state index in [9.17, 15) is 9.59 Å². The summed E-state index contributed by atoms with van der Waals surface area (Å²) in [4.78, 5) is 26.2. The lowest BCUT2D eigenvalue weighted by Crippen LogP contribution is -2.42. The van der Waals surface area contributed by atoms with Gasteiger partial charge in [-0.2, -0.15) is 0 Å². The Labute approximate surface area is 166 Å². The first-order valence-corrected chi connectivity index (χ1v) is 9.76. The topological polar surface area (TPSA) is 58.6 Å². The summed E-state index contributed by atoms with van der Waals surface area (Å²) in [6.45, 7) is 1.93. The smallest absolute Gasteiger partial charge is 0.410 e. The number of piperidine rings is 1. The number of ether oxygens (including phenoxy) is 1. The average molecular weight is 464 g/mol. The quantitative estimate of drug-likeness (QED) is 0.698. The van der Waals surface area contributed by atoms with Crippen molar-refractivity contribution in [2.45, 2.75) is 12.8 Å². The molecule has 2 aromatic rings. The molecule has 3 rings (SSSR count). The predicted molar refractivity (Wildman–Crippen MR) is 108 cm³/mol. The predicted octanol–water partition coefficient (Wildman–Crippen LogP) is 3.93. The lowest BCUT2D eigenvalue weighted by atomic mass is 9.97. The highest BCUT2D eigenvalue weighted by Gasteiger charge is 2.24. The number of likely N-dealkylation sites (tertiary alicyclic amines) is 1. The van der Waals surface area contributed by atoms with E-state index in [0.717, 1.165) is 16.4 Å². The number of carbonyl (C=O) groups is 2. The van der Waals surface area contributed by atoms with Gasteiger partial charge in [0.1, 0.15) is 5.75 Å². The van der Waals surface area contributed by atoms with Crippen molar-refractivity contribution in [3.8, 4) is 5.75 Å². The zero-order chi connectivity index (χ0) is 18.4. The summed E-state index contributed by atoms with van der Waals surface area (Å²) < 4.78 is 6.32. The third-order valence-corrected chi connectivity index (χ3v) is 5.43. The fourth-order valence-electron chi connectivity index (χ4n) is 2.95. The molecule has 0 atom stereocenters. The van der Waals surface area contributed by atoms with Crippen molar-refractivity contribution in [2.75, 3.05) is 19.6 Å². The van der Waals surface area contributed by atoms with E-state index in [-0.39, 0.29) is 12.0 Å². The van der Waals surface area contributed by atoms with Gasteiger partial charge in [-0.15, -0.1) is 0 Å². The standard InChI is InChI=1S/C20H21IN2O3/c21-18-9-5-4-8-17(18)19(24)22-14-15-10-12-23(13-11-15)20(25)26-16-6-2-1-3-7-16/h1-9,15H,10-14H2,(H,22,24). The molecule has 2 amide bonds. The molecule has 0 aliphatic carbocycles. The van der Waals surface area contributed by atoms with Crippen LogP contribution >= 0.6 is 22.6 Å². The molecule has 0 spiro atoms. The van der Waals surface area contributed by atoms with E-state index in [1.54, 1.807) is 17.0 Å². The number of hydrogen-bond donors (Lipinski definition) is 1. The minimum absolute atomic E-state index is 0.0408. The Kier molecular flexibility index (Phi) is 6.49. The number of carbonyl (C=O) groups excluding carboxylic acids is 2. The van der Waals surface area contributed by atoms with Gasteiger partial charge in [-0.1, -0.05) is 30.3 Å². The molecule has 1 aliphatic rings.